The van der Waals surface area contributed by atoms with E-state index in [2.05, 4.69) is 44.3 Å². The van der Waals surface area contributed by atoms with Crippen molar-refractivity contribution >= 4 is 0 Å². The monoisotopic (exact) mass is 275 g/mol. The Morgan fingerprint density at radius 3 is 2.70 bits per heavy atom. The van der Waals surface area contributed by atoms with E-state index < -0.39 is 0 Å². The maximum Gasteiger partial charge on any atom is 0.122 e. The van der Waals surface area contributed by atoms with E-state index in [-0.39, 0.29) is 0 Å². The highest BCUT2D eigenvalue weighted by Crippen LogP contribution is 2.47. The first-order chi connectivity index (χ1) is 9.59. The smallest absolute Gasteiger partial charge is 0.122 e. The van der Waals surface area contributed by atoms with Gasteiger partial charge in [0.05, 0.1) is 7.11 Å². The molecule has 1 aromatic carbocycles. The minimum absolute atomic E-state index is 0.357. The summed E-state index contributed by atoms with van der Waals surface area (Å²) in [6.07, 6.45) is 5.09. The van der Waals surface area contributed by atoms with Gasteiger partial charge in [0.25, 0.3) is 0 Å². The molecule has 0 aliphatic heterocycles. The molecule has 1 atom stereocenters. The third-order valence-corrected chi connectivity index (χ3v) is 4.55. The summed E-state index contributed by atoms with van der Waals surface area (Å²) in [5.74, 6) is 1.91. The molecule has 2 rings (SSSR count). The van der Waals surface area contributed by atoms with E-state index >= 15 is 0 Å². The molecule has 112 valence electrons. The minimum atomic E-state index is 0.357. The summed E-state index contributed by atoms with van der Waals surface area (Å²) in [5, 5.41) is 3.63. The van der Waals surface area contributed by atoms with Crippen LogP contribution in [0.25, 0.3) is 0 Å². The van der Waals surface area contributed by atoms with Crippen molar-refractivity contribution in [1.29, 1.82) is 0 Å². The fraction of sp³-hybridized carbons (Fsp3) is 0.667. The lowest BCUT2D eigenvalue weighted by atomic mass is 9.78. The van der Waals surface area contributed by atoms with Crippen LogP contribution in [0.5, 0.6) is 5.75 Å². The first kappa shape index (κ1) is 15.4. The molecule has 1 aromatic rings. The number of nitrogens with one attached hydrogen (secondary N) is 1. The molecule has 0 heterocycles. The van der Waals surface area contributed by atoms with Gasteiger partial charge < -0.3 is 10.1 Å². The van der Waals surface area contributed by atoms with E-state index in [1.165, 1.54) is 30.4 Å². The van der Waals surface area contributed by atoms with Crippen molar-refractivity contribution in [2.75, 3.05) is 20.2 Å². The van der Waals surface area contributed by atoms with Gasteiger partial charge in [0.2, 0.25) is 0 Å². The summed E-state index contributed by atoms with van der Waals surface area (Å²) in [6, 6.07) is 6.53. The summed E-state index contributed by atoms with van der Waals surface area (Å²) >= 11 is 0. The van der Waals surface area contributed by atoms with Gasteiger partial charge in [0, 0.05) is 6.54 Å². The Kier molecular flexibility index (Phi) is 5.09. The maximum atomic E-state index is 5.55. The second kappa shape index (κ2) is 6.62. The third kappa shape index (κ3) is 3.76. The number of hydrogen-bond donors (Lipinski definition) is 1. The minimum Gasteiger partial charge on any atom is -0.496 e. The number of ether oxygens (including phenoxy) is 1. The topological polar surface area (TPSA) is 21.3 Å². The van der Waals surface area contributed by atoms with Gasteiger partial charge in [0.15, 0.2) is 0 Å². The van der Waals surface area contributed by atoms with Crippen LogP contribution in [-0.2, 0) is 6.42 Å². The lowest BCUT2D eigenvalue weighted by Gasteiger charge is -2.31. The van der Waals surface area contributed by atoms with Crippen LogP contribution < -0.4 is 10.1 Å². The van der Waals surface area contributed by atoms with Gasteiger partial charge in [-0.15, -0.1) is 0 Å². The Labute approximate surface area is 123 Å². The first-order valence-electron chi connectivity index (χ1n) is 7.93. The predicted octanol–water partition coefficient (Wildman–Crippen LogP) is 3.96. The van der Waals surface area contributed by atoms with Gasteiger partial charge in [-0.3, -0.25) is 0 Å². The highest BCUT2D eigenvalue weighted by Gasteiger charge is 2.41. The van der Waals surface area contributed by atoms with E-state index in [0.717, 1.165) is 31.2 Å². The molecule has 0 amide bonds. The largest absolute Gasteiger partial charge is 0.496 e. The Hall–Kier alpha value is -1.02. The molecule has 1 unspecified atom stereocenters. The highest BCUT2D eigenvalue weighted by atomic mass is 16.5. The number of aryl methyl sites for hydroxylation is 1. The molecule has 0 spiro atoms. The number of benzene rings is 1. The van der Waals surface area contributed by atoms with Crippen LogP contribution in [0.1, 0.15) is 44.2 Å². The Bertz CT molecular complexity index is 439. The van der Waals surface area contributed by atoms with E-state index in [1.54, 1.807) is 7.11 Å². The van der Waals surface area contributed by atoms with Gasteiger partial charge in [-0.05, 0) is 62.1 Å². The SMILES string of the molecule is CCCNCC(C)(Cc1cc(C)ccc1OC)C1CC1. The fourth-order valence-electron chi connectivity index (χ4n) is 3.16. The second-order valence-electron chi connectivity index (χ2n) is 6.60. The normalized spacial score (nSPS) is 17.8. The summed E-state index contributed by atoms with van der Waals surface area (Å²) in [7, 11) is 1.78. The third-order valence-electron chi connectivity index (χ3n) is 4.55. The first-order valence-corrected chi connectivity index (χ1v) is 7.93. The van der Waals surface area contributed by atoms with E-state index in [1.807, 2.05) is 0 Å². The Balaban J connectivity index is 2.13. The van der Waals surface area contributed by atoms with Crippen LogP contribution in [0.2, 0.25) is 0 Å². The standard InChI is InChI=1S/C18H29NO/c1-5-10-19-13-18(3,16-7-8-16)12-15-11-14(2)6-9-17(15)20-4/h6,9,11,16,19H,5,7-8,10,12-13H2,1-4H3. The van der Waals surface area contributed by atoms with Crippen molar-refractivity contribution in [1.82, 2.24) is 5.32 Å². The molecule has 0 radical (unpaired) electrons. The van der Waals surface area contributed by atoms with Crippen molar-refractivity contribution in [2.45, 2.75) is 46.5 Å². The van der Waals surface area contributed by atoms with Gasteiger partial charge in [-0.2, -0.15) is 0 Å². The lowest BCUT2D eigenvalue weighted by Crippen LogP contribution is -2.36. The molecule has 1 aliphatic rings. The van der Waals surface area contributed by atoms with Gasteiger partial charge in [0.1, 0.15) is 5.75 Å². The van der Waals surface area contributed by atoms with Gasteiger partial charge >= 0.3 is 0 Å². The van der Waals surface area contributed by atoms with E-state index in [0.29, 0.717) is 5.41 Å². The van der Waals surface area contributed by atoms with Crippen molar-refractivity contribution in [3.8, 4) is 5.75 Å². The molecule has 0 aromatic heterocycles. The zero-order valence-corrected chi connectivity index (χ0v) is 13.5. The van der Waals surface area contributed by atoms with Crippen molar-refractivity contribution in [3.05, 3.63) is 29.3 Å². The summed E-state index contributed by atoms with van der Waals surface area (Å²) in [4.78, 5) is 0. The molecule has 1 aliphatic carbocycles. The summed E-state index contributed by atoms with van der Waals surface area (Å²) in [5.41, 5.74) is 3.04. The van der Waals surface area contributed by atoms with Crippen LogP contribution >= 0.6 is 0 Å². The molecular formula is C18H29NO. The van der Waals surface area contributed by atoms with E-state index in [9.17, 15) is 0 Å². The predicted molar refractivity (Wildman–Crippen MR) is 85.4 cm³/mol. The lowest BCUT2D eigenvalue weighted by molar-refractivity contribution is 0.253. The molecular weight excluding hydrogens is 246 g/mol. The molecule has 0 bridgehead atoms. The average Bonchev–Trinajstić information content (AvgIpc) is 3.24. The zero-order valence-electron chi connectivity index (χ0n) is 13.5. The number of methoxy groups -OCH3 is 1. The summed E-state index contributed by atoms with van der Waals surface area (Å²) in [6.45, 7) is 9.06. The maximum absolute atomic E-state index is 5.55. The van der Waals surface area contributed by atoms with Gasteiger partial charge in [-0.1, -0.05) is 31.5 Å². The van der Waals surface area contributed by atoms with Crippen molar-refractivity contribution in [3.63, 3.8) is 0 Å². The van der Waals surface area contributed by atoms with Crippen molar-refractivity contribution in [2.24, 2.45) is 11.3 Å². The fourth-order valence-corrected chi connectivity index (χ4v) is 3.16. The number of hydrogen-bond acceptors (Lipinski definition) is 2. The molecule has 20 heavy (non-hydrogen) atoms. The highest BCUT2D eigenvalue weighted by molar-refractivity contribution is 5.37. The molecule has 2 heteroatoms. The van der Waals surface area contributed by atoms with Crippen LogP contribution in [0, 0.1) is 18.3 Å². The van der Waals surface area contributed by atoms with Gasteiger partial charge in [-0.25, -0.2) is 0 Å². The molecule has 1 fully saturated rings. The second-order valence-corrected chi connectivity index (χ2v) is 6.60. The molecule has 2 nitrogen and oxygen atoms in total. The number of rotatable bonds is 8. The average molecular weight is 275 g/mol. The molecule has 1 N–H and O–H groups in total. The van der Waals surface area contributed by atoms with Crippen molar-refractivity contribution < 1.29 is 4.74 Å². The van der Waals surface area contributed by atoms with Crippen LogP contribution in [-0.4, -0.2) is 20.2 Å². The molecule has 0 saturated heterocycles. The summed E-state index contributed by atoms with van der Waals surface area (Å²) < 4.78 is 5.55. The van der Waals surface area contributed by atoms with Crippen LogP contribution in [0.15, 0.2) is 18.2 Å². The Morgan fingerprint density at radius 1 is 1.35 bits per heavy atom. The molecule has 1 saturated carbocycles. The zero-order chi connectivity index (χ0) is 14.6. The van der Waals surface area contributed by atoms with E-state index in [4.69, 9.17) is 4.74 Å². The quantitative estimate of drug-likeness (QED) is 0.725. The van der Waals surface area contributed by atoms with Crippen LogP contribution in [0.3, 0.4) is 0 Å². The Morgan fingerprint density at radius 2 is 2.10 bits per heavy atom. The van der Waals surface area contributed by atoms with Crippen LogP contribution in [0.4, 0.5) is 0 Å².